The summed E-state index contributed by atoms with van der Waals surface area (Å²) in [5, 5.41) is 10.3. The standard InChI is InChI=1S/C47H56N2O3/c1-51-43-25-22-36-29-41-39-23-24-40(46-47(39,44(36)45(43)52-46)26-28-49(41)31-37-30-42(37)50)48(27-14-3-2-7-15-33-16-8-4-9-17-33)32-38(34-18-10-5-11-19-34)35-20-12-6-13-21-35/h4-6,8-13,16-22,25,37-42,46,50H,2-3,7,14-15,23-24,26-32H2,1H3/t37?,39-,40+,41+,42?,46-,47-/m0/s1. The van der Waals surface area contributed by atoms with Gasteiger partial charge in [-0.25, -0.2) is 0 Å². The monoisotopic (exact) mass is 696 g/mol. The van der Waals surface area contributed by atoms with E-state index in [4.69, 9.17) is 9.47 Å². The van der Waals surface area contributed by atoms with Crippen molar-refractivity contribution in [3.05, 3.63) is 131 Å². The van der Waals surface area contributed by atoms with Crippen LogP contribution < -0.4 is 9.47 Å². The molecule has 7 atom stereocenters. The molecule has 1 saturated heterocycles. The van der Waals surface area contributed by atoms with Crippen molar-refractivity contribution in [2.24, 2.45) is 11.8 Å². The van der Waals surface area contributed by atoms with E-state index in [9.17, 15) is 5.11 Å². The minimum absolute atomic E-state index is 0.00658. The lowest BCUT2D eigenvalue weighted by Crippen LogP contribution is -2.69. The molecule has 4 aromatic rings. The molecule has 2 unspecified atom stereocenters. The maximum atomic E-state index is 10.3. The molecule has 1 spiro atoms. The second kappa shape index (κ2) is 14.6. The van der Waals surface area contributed by atoms with Crippen LogP contribution in [-0.2, 0) is 18.3 Å². The molecule has 2 saturated carbocycles. The van der Waals surface area contributed by atoms with Crippen LogP contribution in [0.15, 0.2) is 103 Å². The first-order valence-corrected chi connectivity index (χ1v) is 20.3. The molecule has 0 aromatic heterocycles. The van der Waals surface area contributed by atoms with Crippen molar-refractivity contribution in [2.75, 3.05) is 33.3 Å². The molecule has 9 rings (SSSR count). The number of hydrogen-bond acceptors (Lipinski definition) is 5. The van der Waals surface area contributed by atoms with E-state index < -0.39 is 0 Å². The van der Waals surface area contributed by atoms with Crippen LogP contribution in [0.4, 0.5) is 0 Å². The van der Waals surface area contributed by atoms with Crippen LogP contribution in [0, 0.1) is 11.8 Å². The zero-order chi connectivity index (χ0) is 35.1. The van der Waals surface area contributed by atoms with Crippen LogP contribution in [0.3, 0.4) is 0 Å². The maximum absolute atomic E-state index is 10.3. The quantitative estimate of drug-likeness (QED) is 0.127. The number of nitrogens with zero attached hydrogens (tertiary/aromatic N) is 2. The molecule has 1 N–H and O–H groups in total. The minimum atomic E-state index is -0.102. The third-order valence-electron chi connectivity index (χ3n) is 13.8. The molecule has 0 amide bonds. The molecule has 2 bridgehead atoms. The fourth-order valence-electron chi connectivity index (χ4n) is 11.1. The van der Waals surface area contributed by atoms with Gasteiger partial charge < -0.3 is 14.6 Å². The summed E-state index contributed by atoms with van der Waals surface area (Å²) in [5.74, 6) is 3.24. The van der Waals surface area contributed by atoms with Gasteiger partial charge in [0.15, 0.2) is 11.5 Å². The Morgan fingerprint density at radius 3 is 2.25 bits per heavy atom. The smallest absolute Gasteiger partial charge is 0.165 e. The van der Waals surface area contributed by atoms with Gasteiger partial charge in [0.1, 0.15) is 6.10 Å². The highest BCUT2D eigenvalue weighted by molar-refractivity contribution is 5.61. The highest BCUT2D eigenvalue weighted by Crippen LogP contribution is 2.64. The summed E-state index contributed by atoms with van der Waals surface area (Å²) in [5.41, 5.74) is 7.19. The Morgan fingerprint density at radius 2 is 1.56 bits per heavy atom. The van der Waals surface area contributed by atoms with Crippen molar-refractivity contribution in [1.82, 2.24) is 9.80 Å². The van der Waals surface area contributed by atoms with Crippen LogP contribution >= 0.6 is 0 Å². The molecular formula is C47H56N2O3. The normalized spacial score (nSPS) is 28.5. The SMILES string of the molecule is COc1ccc2c3c1O[C@H]1[C@H](N(CCCCCCc4ccccc4)CC(c4ccccc4)c4ccccc4)CC[C@H]4[C@@H](C2)N(CC2CC2O)CC[C@@]341. The fourth-order valence-corrected chi connectivity index (χ4v) is 11.1. The molecule has 3 fully saturated rings. The maximum Gasteiger partial charge on any atom is 0.165 e. The Hall–Kier alpha value is -3.64. The molecule has 5 nitrogen and oxygen atoms in total. The highest BCUT2D eigenvalue weighted by Gasteiger charge is 2.66. The highest BCUT2D eigenvalue weighted by atomic mass is 16.5. The molecule has 5 aliphatic rings. The lowest BCUT2D eigenvalue weighted by atomic mass is 9.51. The number of methoxy groups -OCH3 is 1. The van der Waals surface area contributed by atoms with Crippen molar-refractivity contribution < 1.29 is 14.6 Å². The largest absolute Gasteiger partial charge is 0.493 e. The zero-order valence-corrected chi connectivity index (χ0v) is 30.9. The van der Waals surface area contributed by atoms with E-state index in [1.165, 1.54) is 59.9 Å². The number of rotatable bonds is 15. The number of hydrogen-bond donors (Lipinski definition) is 1. The lowest BCUT2D eigenvalue weighted by molar-refractivity contribution is -0.0904. The van der Waals surface area contributed by atoms with Crippen molar-refractivity contribution >= 4 is 0 Å². The van der Waals surface area contributed by atoms with E-state index in [-0.39, 0.29) is 23.5 Å². The number of benzene rings is 4. The number of aryl methyl sites for hydroxylation is 1. The summed E-state index contributed by atoms with van der Waals surface area (Å²) in [7, 11) is 1.81. The number of piperidine rings is 1. The van der Waals surface area contributed by atoms with Crippen LogP contribution in [0.25, 0.3) is 0 Å². The predicted molar refractivity (Wildman–Crippen MR) is 208 cm³/mol. The van der Waals surface area contributed by atoms with Gasteiger partial charge in [0.05, 0.1) is 13.2 Å². The number of ether oxygens (including phenoxy) is 2. The van der Waals surface area contributed by atoms with Crippen molar-refractivity contribution in [3.63, 3.8) is 0 Å². The Labute approximate surface area is 311 Å². The first-order chi connectivity index (χ1) is 25.6. The second-order valence-electron chi connectivity index (χ2n) is 16.6. The summed E-state index contributed by atoms with van der Waals surface area (Å²) in [4.78, 5) is 5.65. The van der Waals surface area contributed by atoms with Crippen LogP contribution in [0.5, 0.6) is 11.5 Å². The predicted octanol–water partition coefficient (Wildman–Crippen LogP) is 8.42. The van der Waals surface area contributed by atoms with E-state index in [1.54, 1.807) is 7.11 Å². The van der Waals surface area contributed by atoms with E-state index in [1.807, 2.05) is 0 Å². The number of aliphatic hydroxyl groups excluding tert-OH is 1. The summed E-state index contributed by atoms with van der Waals surface area (Å²) in [6, 6.07) is 38.7. The minimum Gasteiger partial charge on any atom is -0.493 e. The van der Waals surface area contributed by atoms with Gasteiger partial charge in [-0.05, 0) is 98.7 Å². The van der Waals surface area contributed by atoms with Gasteiger partial charge in [-0.15, -0.1) is 0 Å². The molecule has 3 aliphatic carbocycles. The van der Waals surface area contributed by atoms with E-state index in [2.05, 4.69) is 113 Å². The molecule has 5 heteroatoms. The van der Waals surface area contributed by atoms with Crippen molar-refractivity contribution in [3.8, 4) is 11.5 Å². The summed E-state index contributed by atoms with van der Waals surface area (Å²) in [6.07, 6.45) is 11.7. The van der Waals surface area contributed by atoms with Gasteiger partial charge >= 0.3 is 0 Å². The van der Waals surface area contributed by atoms with E-state index >= 15 is 0 Å². The van der Waals surface area contributed by atoms with Gasteiger partial charge in [-0.2, -0.15) is 0 Å². The van der Waals surface area contributed by atoms with Gasteiger partial charge in [-0.3, -0.25) is 9.80 Å². The number of unbranched alkanes of at least 4 members (excludes halogenated alkanes) is 3. The first kappa shape index (κ1) is 34.1. The van der Waals surface area contributed by atoms with Crippen LogP contribution in [0.1, 0.15) is 85.1 Å². The summed E-state index contributed by atoms with van der Waals surface area (Å²) in [6.45, 7) is 4.20. The Balaban J connectivity index is 1.03. The Kier molecular flexibility index (Phi) is 9.62. The van der Waals surface area contributed by atoms with E-state index in [0.29, 0.717) is 23.9 Å². The van der Waals surface area contributed by atoms with E-state index in [0.717, 1.165) is 69.8 Å². The molecule has 2 aliphatic heterocycles. The lowest BCUT2D eigenvalue weighted by Gasteiger charge is -2.60. The topological polar surface area (TPSA) is 45.2 Å². The van der Waals surface area contributed by atoms with Gasteiger partial charge in [-0.1, -0.05) is 110 Å². The van der Waals surface area contributed by atoms with Crippen molar-refractivity contribution in [1.29, 1.82) is 0 Å². The van der Waals surface area contributed by atoms with Crippen LogP contribution in [0.2, 0.25) is 0 Å². The summed E-state index contributed by atoms with van der Waals surface area (Å²) >= 11 is 0. The second-order valence-corrected chi connectivity index (χ2v) is 16.6. The number of aliphatic hydroxyl groups is 1. The average molecular weight is 697 g/mol. The third-order valence-corrected chi connectivity index (χ3v) is 13.8. The zero-order valence-electron chi connectivity index (χ0n) is 30.9. The van der Waals surface area contributed by atoms with Gasteiger partial charge in [0, 0.05) is 48.0 Å². The van der Waals surface area contributed by atoms with Gasteiger partial charge in [0.2, 0.25) is 0 Å². The number of likely N-dealkylation sites (tertiary alicyclic amines) is 1. The summed E-state index contributed by atoms with van der Waals surface area (Å²) < 4.78 is 13.4. The average Bonchev–Trinajstić information content (AvgIpc) is 3.78. The molecule has 52 heavy (non-hydrogen) atoms. The molecule has 272 valence electrons. The van der Waals surface area contributed by atoms with Crippen molar-refractivity contribution in [2.45, 2.75) is 99.8 Å². The molecule has 0 radical (unpaired) electrons. The third kappa shape index (κ3) is 6.27. The fraction of sp³-hybridized carbons (Fsp3) is 0.489. The van der Waals surface area contributed by atoms with Gasteiger partial charge in [0.25, 0.3) is 0 Å². The first-order valence-electron chi connectivity index (χ1n) is 20.3. The Bertz CT molecular complexity index is 1760. The molecule has 2 heterocycles. The van der Waals surface area contributed by atoms with Crippen LogP contribution in [-0.4, -0.2) is 72.5 Å². The molecular weight excluding hydrogens is 641 g/mol. The molecule has 4 aromatic carbocycles. The Morgan fingerprint density at radius 1 is 0.865 bits per heavy atom.